The third-order valence-corrected chi connectivity index (χ3v) is 4.84. The maximum absolute atomic E-state index is 14.1. The maximum atomic E-state index is 14.1. The second-order valence-electron chi connectivity index (χ2n) is 6.34. The Kier molecular flexibility index (Phi) is 3.98. The number of rotatable bonds is 2. The van der Waals surface area contributed by atoms with Crippen molar-refractivity contribution >= 4 is 11.5 Å². The van der Waals surface area contributed by atoms with E-state index in [-0.39, 0.29) is 11.3 Å². The third kappa shape index (κ3) is 2.69. The number of carbonyl (C=O) groups excluding carboxylic acids is 1. The summed E-state index contributed by atoms with van der Waals surface area (Å²) in [4.78, 5) is 16.6. The van der Waals surface area contributed by atoms with Gasteiger partial charge in [-0.3, -0.25) is 9.69 Å². The van der Waals surface area contributed by atoms with Crippen LogP contribution in [0.1, 0.15) is 43.5 Å². The maximum Gasteiger partial charge on any atom is 0.164 e. The van der Waals surface area contributed by atoms with E-state index in [0.29, 0.717) is 12.1 Å². The predicted molar refractivity (Wildman–Crippen MR) is 82.4 cm³/mol. The van der Waals surface area contributed by atoms with E-state index in [1.165, 1.54) is 38.8 Å². The molecule has 1 aromatic rings. The minimum absolute atomic E-state index is 0.193. The van der Waals surface area contributed by atoms with Gasteiger partial charge in [0.15, 0.2) is 5.78 Å². The van der Waals surface area contributed by atoms with Crippen molar-refractivity contribution in [3.63, 3.8) is 0 Å². The molecule has 1 aromatic carbocycles. The number of carbonyl (C=O) groups is 1. The number of piperazine rings is 1. The number of hydrogen-bond donors (Lipinski definition) is 0. The zero-order chi connectivity index (χ0) is 15.0. The fraction of sp³-hybridized carbons (Fsp3) is 0.588. The monoisotopic (exact) mass is 290 g/mol. The summed E-state index contributed by atoms with van der Waals surface area (Å²) in [5.74, 6) is -0.598. The molecule has 3 rings (SSSR count). The number of ketones is 1. The summed E-state index contributed by atoms with van der Waals surface area (Å²) in [6.45, 7) is 6.68. The van der Waals surface area contributed by atoms with E-state index < -0.39 is 5.82 Å². The topological polar surface area (TPSA) is 23.6 Å². The van der Waals surface area contributed by atoms with Gasteiger partial charge in [-0.15, -0.1) is 0 Å². The quantitative estimate of drug-likeness (QED) is 0.782. The van der Waals surface area contributed by atoms with Crippen molar-refractivity contribution in [3.05, 3.63) is 29.6 Å². The van der Waals surface area contributed by atoms with E-state index in [9.17, 15) is 9.18 Å². The van der Waals surface area contributed by atoms with Crippen LogP contribution in [0.4, 0.5) is 10.1 Å². The Hall–Kier alpha value is -1.42. The average molecular weight is 290 g/mol. The number of hydrogen-bond acceptors (Lipinski definition) is 3. The summed E-state index contributed by atoms with van der Waals surface area (Å²) >= 11 is 0. The molecule has 0 saturated carbocycles. The van der Waals surface area contributed by atoms with Crippen LogP contribution in [-0.2, 0) is 0 Å². The SMILES string of the molecule is CC(=O)c1c(F)cccc1N1CC2CCCCN2CC1C. The lowest BCUT2D eigenvalue weighted by Gasteiger charge is -2.48. The lowest BCUT2D eigenvalue weighted by atomic mass is 9.95. The number of nitrogens with zero attached hydrogens (tertiary/aromatic N) is 2. The Morgan fingerprint density at radius 3 is 2.86 bits per heavy atom. The van der Waals surface area contributed by atoms with Crippen LogP contribution < -0.4 is 4.90 Å². The second kappa shape index (κ2) is 5.76. The first-order valence-electron chi connectivity index (χ1n) is 7.88. The highest BCUT2D eigenvalue weighted by Gasteiger charge is 2.34. The highest BCUT2D eigenvalue weighted by molar-refractivity contribution is 6.00. The van der Waals surface area contributed by atoms with Crippen molar-refractivity contribution in [2.75, 3.05) is 24.5 Å². The molecular formula is C17H23FN2O. The number of piperidine rings is 1. The normalized spacial score (nSPS) is 26.5. The summed E-state index contributed by atoms with van der Waals surface area (Å²) in [5.41, 5.74) is 1.01. The molecular weight excluding hydrogens is 267 g/mol. The van der Waals surface area contributed by atoms with E-state index in [1.807, 2.05) is 6.07 Å². The van der Waals surface area contributed by atoms with Gasteiger partial charge in [0.25, 0.3) is 0 Å². The van der Waals surface area contributed by atoms with Gasteiger partial charge >= 0.3 is 0 Å². The van der Waals surface area contributed by atoms with Crippen LogP contribution in [0.15, 0.2) is 18.2 Å². The Labute approximate surface area is 125 Å². The van der Waals surface area contributed by atoms with Gasteiger partial charge < -0.3 is 4.90 Å². The molecule has 0 radical (unpaired) electrons. The molecule has 0 spiro atoms. The number of fused-ring (bicyclic) bond motifs is 1. The number of Topliss-reactive ketones (excluding diaryl/α,β-unsaturated/α-hetero) is 1. The fourth-order valence-corrected chi connectivity index (χ4v) is 3.79. The highest BCUT2D eigenvalue weighted by Crippen LogP contribution is 2.31. The van der Waals surface area contributed by atoms with Crippen molar-refractivity contribution in [3.8, 4) is 0 Å². The number of anilines is 1. The lowest BCUT2D eigenvalue weighted by Crippen LogP contribution is -2.59. The van der Waals surface area contributed by atoms with Crippen LogP contribution in [0.5, 0.6) is 0 Å². The highest BCUT2D eigenvalue weighted by atomic mass is 19.1. The first kappa shape index (κ1) is 14.5. The smallest absolute Gasteiger partial charge is 0.164 e. The lowest BCUT2D eigenvalue weighted by molar-refractivity contribution is 0.101. The van der Waals surface area contributed by atoms with Crippen molar-refractivity contribution in [2.45, 2.75) is 45.2 Å². The molecule has 2 aliphatic rings. The second-order valence-corrected chi connectivity index (χ2v) is 6.34. The molecule has 0 N–H and O–H groups in total. The zero-order valence-electron chi connectivity index (χ0n) is 12.8. The van der Waals surface area contributed by atoms with E-state index in [4.69, 9.17) is 0 Å². The molecule has 0 aromatic heterocycles. The van der Waals surface area contributed by atoms with Crippen LogP contribution >= 0.6 is 0 Å². The molecule has 114 valence electrons. The van der Waals surface area contributed by atoms with Crippen LogP contribution in [0.25, 0.3) is 0 Å². The Morgan fingerprint density at radius 2 is 2.10 bits per heavy atom. The first-order chi connectivity index (χ1) is 10.1. The van der Waals surface area contributed by atoms with E-state index in [2.05, 4.69) is 16.7 Å². The fourth-order valence-electron chi connectivity index (χ4n) is 3.79. The van der Waals surface area contributed by atoms with Crippen molar-refractivity contribution < 1.29 is 9.18 Å². The molecule has 2 fully saturated rings. The molecule has 3 nitrogen and oxygen atoms in total. The van der Waals surface area contributed by atoms with Crippen molar-refractivity contribution in [1.29, 1.82) is 0 Å². The molecule has 21 heavy (non-hydrogen) atoms. The van der Waals surface area contributed by atoms with Crippen molar-refractivity contribution in [2.24, 2.45) is 0 Å². The van der Waals surface area contributed by atoms with Gasteiger partial charge in [-0.2, -0.15) is 0 Å². The van der Waals surface area contributed by atoms with E-state index >= 15 is 0 Å². The summed E-state index contributed by atoms with van der Waals surface area (Å²) in [5, 5.41) is 0. The van der Waals surface area contributed by atoms with Gasteiger partial charge in [0, 0.05) is 25.2 Å². The summed E-state index contributed by atoms with van der Waals surface area (Å²) in [6.07, 6.45) is 3.75. The zero-order valence-corrected chi connectivity index (χ0v) is 12.8. The number of benzene rings is 1. The van der Waals surface area contributed by atoms with E-state index in [1.54, 1.807) is 6.07 Å². The predicted octanol–water partition coefficient (Wildman–Crippen LogP) is 3.09. The van der Waals surface area contributed by atoms with E-state index in [0.717, 1.165) is 18.8 Å². The van der Waals surface area contributed by atoms with Crippen LogP contribution in [0.2, 0.25) is 0 Å². The summed E-state index contributed by atoms with van der Waals surface area (Å²) in [6, 6.07) is 5.81. The molecule has 0 amide bonds. The van der Waals surface area contributed by atoms with Gasteiger partial charge in [-0.25, -0.2) is 4.39 Å². The Balaban J connectivity index is 1.93. The average Bonchev–Trinajstić information content (AvgIpc) is 2.45. The Morgan fingerprint density at radius 1 is 1.29 bits per heavy atom. The van der Waals surface area contributed by atoms with Crippen LogP contribution in [0, 0.1) is 5.82 Å². The molecule has 2 atom stereocenters. The van der Waals surface area contributed by atoms with Gasteiger partial charge in [0.05, 0.1) is 11.3 Å². The molecule has 0 bridgehead atoms. The minimum atomic E-state index is -0.404. The summed E-state index contributed by atoms with van der Waals surface area (Å²) < 4.78 is 14.1. The Bertz CT molecular complexity index is 546. The standard InChI is InChI=1S/C17H23FN2O/c1-12-10-19-9-4-3-6-14(19)11-20(12)16-8-5-7-15(18)17(16)13(2)21/h5,7-8,12,14H,3-4,6,9-11H2,1-2H3. The van der Waals surface area contributed by atoms with Crippen LogP contribution in [0.3, 0.4) is 0 Å². The summed E-state index contributed by atoms with van der Waals surface area (Å²) in [7, 11) is 0. The molecule has 0 aliphatic carbocycles. The molecule has 4 heteroatoms. The molecule has 2 heterocycles. The molecule has 2 unspecified atom stereocenters. The van der Waals surface area contributed by atoms with Gasteiger partial charge in [0.1, 0.15) is 5.82 Å². The largest absolute Gasteiger partial charge is 0.365 e. The molecule has 2 saturated heterocycles. The first-order valence-corrected chi connectivity index (χ1v) is 7.88. The van der Waals surface area contributed by atoms with Crippen molar-refractivity contribution in [1.82, 2.24) is 4.90 Å². The van der Waals surface area contributed by atoms with Gasteiger partial charge in [0.2, 0.25) is 0 Å². The van der Waals surface area contributed by atoms with Gasteiger partial charge in [-0.1, -0.05) is 12.5 Å². The number of halogens is 1. The van der Waals surface area contributed by atoms with Crippen LogP contribution in [-0.4, -0.2) is 42.4 Å². The van der Waals surface area contributed by atoms with Gasteiger partial charge in [-0.05, 0) is 45.4 Å². The minimum Gasteiger partial charge on any atom is -0.365 e. The third-order valence-electron chi connectivity index (χ3n) is 4.84. The molecule has 2 aliphatic heterocycles.